The number of ketones is 1. The van der Waals surface area contributed by atoms with Gasteiger partial charge >= 0.3 is 0 Å². The fourth-order valence-electron chi connectivity index (χ4n) is 2.88. The van der Waals surface area contributed by atoms with E-state index in [1.54, 1.807) is 12.1 Å². The summed E-state index contributed by atoms with van der Waals surface area (Å²) in [6.07, 6.45) is 0.501. The normalized spacial score (nSPS) is 11.2. The fraction of sp³-hybridized carbons (Fsp3) is 0.120. The molecule has 0 fully saturated rings. The van der Waals surface area contributed by atoms with Gasteiger partial charge in [0.15, 0.2) is 5.78 Å². The molecule has 3 rings (SSSR count). The van der Waals surface area contributed by atoms with Crippen LogP contribution in [0.5, 0.6) is 0 Å². The Bertz CT molecular complexity index is 999. The van der Waals surface area contributed by atoms with Crippen LogP contribution in [-0.2, 0) is 0 Å². The maximum atomic E-state index is 12.4. The van der Waals surface area contributed by atoms with Gasteiger partial charge in [-0.15, -0.1) is 0 Å². The van der Waals surface area contributed by atoms with Crippen molar-refractivity contribution in [3.8, 4) is 11.8 Å². The molecule has 0 radical (unpaired) electrons. The van der Waals surface area contributed by atoms with Gasteiger partial charge in [-0.05, 0) is 29.8 Å². The molecule has 3 aromatic rings. The quantitative estimate of drug-likeness (QED) is 0.308. The van der Waals surface area contributed by atoms with Crippen LogP contribution in [0.15, 0.2) is 84.9 Å². The first-order valence-corrected chi connectivity index (χ1v) is 9.46. The molecule has 0 heterocycles. The van der Waals surface area contributed by atoms with Crippen molar-refractivity contribution >= 4 is 23.1 Å². The van der Waals surface area contributed by atoms with E-state index in [2.05, 4.69) is 11.8 Å². The number of Topliss-reactive ketones (excluding diaryl/α,β-unsaturated/α-hetero) is 1. The van der Waals surface area contributed by atoms with Gasteiger partial charge in [0, 0.05) is 34.7 Å². The second-order valence-electron chi connectivity index (χ2n) is 6.51. The van der Waals surface area contributed by atoms with E-state index in [1.165, 1.54) is 0 Å². The first kappa shape index (κ1) is 19.6. The lowest BCUT2D eigenvalue weighted by Crippen LogP contribution is -2.11. The van der Waals surface area contributed by atoms with Gasteiger partial charge in [-0.25, -0.2) is 0 Å². The molecule has 0 aromatic heterocycles. The molecular weight excluding hydrogens is 366 g/mol. The monoisotopic (exact) mass is 385 g/mol. The number of nitrogens with one attached hydrogen (secondary N) is 1. The number of halogens is 1. The third-order valence-corrected chi connectivity index (χ3v) is 4.61. The Morgan fingerprint density at radius 3 is 2.14 bits per heavy atom. The lowest BCUT2D eigenvalue weighted by Gasteiger charge is -2.12. The molecule has 0 aliphatic carbocycles. The number of carbonyl (C=O) groups excluding carboxylic acids is 1. The molecule has 0 amide bonds. The molecule has 138 valence electrons. The van der Waals surface area contributed by atoms with Crippen LogP contribution in [-0.4, -0.2) is 11.5 Å². The van der Waals surface area contributed by atoms with Gasteiger partial charge in [0.25, 0.3) is 0 Å². The van der Waals surface area contributed by atoms with Gasteiger partial charge in [-0.3, -0.25) is 4.79 Å². The van der Waals surface area contributed by atoms with Crippen molar-refractivity contribution in [1.29, 1.82) is 5.41 Å². The molecule has 1 unspecified atom stereocenters. The average Bonchev–Trinajstić information content (AvgIpc) is 2.73. The molecule has 0 spiro atoms. The maximum Gasteiger partial charge on any atom is 0.168 e. The molecule has 2 nitrogen and oxygen atoms in total. The van der Waals surface area contributed by atoms with E-state index >= 15 is 0 Å². The lowest BCUT2D eigenvalue weighted by molar-refractivity contribution is 0.1000. The smallest absolute Gasteiger partial charge is 0.168 e. The van der Waals surface area contributed by atoms with Crippen LogP contribution in [0.1, 0.15) is 40.2 Å². The van der Waals surface area contributed by atoms with Crippen LogP contribution in [0.25, 0.3) is 0 Å². The predicted molar refractivity (Wildman–Crippen MR) is 115 cm³/mol. The summed E-state index contributed by atoms with van der Waals surface area (Å²) in [5, 5.41) is 9.02. The van der Waals surface area contributed by atoms with Gasteiger partial charge in [0.2, 0.25) is 0 Å². The molecule has 3 heteroatoms. The first-order valence-electron chi connectivity index (χ1n) is 9.08. The minimum absolute atomic E-state index is 0.0449. The summed E-state index contributed by atoms with van der Waals surface area (Å²) < 4.78 is 0. The third kappa shape index (κ3) is 5.67. The number of hydrogen-bond donors (Lipinski definition) is 1. The zero-order valence-corrected chi connectivity index (χ0v) is 16.1. The maximum absolute atomic E-state index is 12.4. The Morgan fingerprint density at radius 1 is 0.893 bits per heavy atom. The molecule has 1 atom stereocenters. The Balaban J connectivity index is 1.77. The molecule has 0 aliphatic heterocycles. The summed E-state index contributed by atoms with van der Waals surface area (Å²) in [4.78, 5) is 12.4. The first-order chi connectivity index (χ1) is 13.6. The summed E-state index contributed by atoms with van der Waals surface area (Å²) >= 11 is 6.01. The van der Waals surface area contributed by atoms with Gasteiger partial charge in [-0.2, -0.15) is 0 Å². The second kappa shape index (κ2) is 9.69. The lowest BCUT2D eigenvalue weighted by atomic mass is 9.91. The van der Waals surface area contributed by atoms with Crippen LogP contribution in [0.4, 0.5) is 0 Å². The van der Waals surface area contributed by atoms with Crippen molar-refractivity contribution in [3.63, 3.8) is 0 Å². The Kier molecular flexibility index (Phi) is 6.78. The van der Waals surface area contributed by atoms with Crippen molar-refractivity contribution in [3.05, 3.63) is 107 Å². The fourth-order valence-corrected chi connectivity index (χ4v) is 3.00. The van der Waals surface area contributed by atoms with E-state index in [4.69, 9.17) is 17.0 Å². The molecule has 0 saturated heterocycles. The average molecular weight is 386 g/mol. The highest BCUT2D eigenvalue weighted by molar-refractivity contribution is 6.30. The summed E-state index contributed by atoms with van der Waals surface area (Å²) in [6, 6.07) is 26.4. The van der Waals surface area contributed by atoms with Gasteiger partial charge in [-0.1, -0.05) is 84.1 Å². The molecular formula is C25H20ClNO. The Morgan fingerprint density at radius 2 is 1.50 bits per heavy atom. The number of carbonyl (C=O) groups is 1. The standard InChI is InChI=1S/C25H20ClNO/c26-23-15-13-20(14-16-23)22(12-11-19-7-3-1-4-8-19)17-24(27)18-25(28)21-9-5-2-6-10-21/h1-10,13-16,22,27H,17-18H2. The minimum Gasteiger partial charge on any atom is -0.309 e. The Hall–Kier alpha value is -3.15. The van der Waals surface area contributed by atoms with Crippen molar-refractivity contribution in [2.24, 2.45) is 0 Å². The zero-order valence-electron chi connectivity index (χ0n) is 15.4. The SMILES string of the molecule is N=C(CC(=O)c1ccccc1)CC(C#Cc1ccccc1)c1ccc(Cl)cc1. The second-order valence-corrected chi connectivity index (χ2v) is 6.95. The minimum atomic E-state index is -0.173. The van der Waals surface area contributed by atoms with Crippen LogP contribution in [0.3, 0.4) is 0 Å². The highest BCUT2D eigenvalue weighted by Gasteiger charge is 2.15. The van der Waals surface area contributed by atoms with Gasteiger partial charge in [0.05, 0.1) is 5.92 Å². The molecule has 0 saturated carbocycles. The van der Waals surface area contributed by atoms with Gasteiger partial charge < -0.3 is 5.41 Å². The zero-order chi connectivity index (χ0) is 19.8. The molecule has 3 aromatic carbocycles. The van der Waals surface area contributed by atoms with Crippen molar-refractivity contribution in [2.75, 3.05) is 0 Å². The topological polar surface area (TPSA) is 40.9 Å². The molecule has 28 heavy (non-hydrogen) atoms. The van der Waals surface area contributed by atoms with Crippen LogP contribution >= 0.6 is 11.6 Å². The van der Waals surface area contributed by atoms with E-state index in [9.17, 15) is 4.79 Å². The van der Waals surface area contributed by atoms with E-state index in [0.717, 1.165) is 11.1 Å². The van der Waals surface area contributed by atoms with E-state index in [0.29, 0.717) is 22.7 Å². The summed E-state index contributed by atoms with van der Waals surface area (Å²) in [5.74, 6) is 6.24. The van der Waals surface area contributed by atoms with Gasteiger partial charge in [0.1, 0.15) is 0 Å². The number of rotatable bonds is 6. The van der Waals surface area contributed by atoms with Crippen molar-refractivity contribution in [1.82, 2.24) is 0 Å². The third-order valence-electron chi connectivity index (χ3n) is 4.36. The van der Waals surface area contributed by atoms with Crippen molar-refractivity contribution in [2.45, 2.75) is 18.8 Å². The number of benzene rings is 3. The highest BCUT2D eigenvalue weighted by atomic mass is 35.5. The largest absolute Gasteiger partial charge is 0.309 e. The molecule has 0 aliphatic rings. The van der Waals surface area contributed by atoms with Crippen molar-refractivity contribution < 1.29 is 4.79 Å². The Labute approximate surface area is 170 Å². The van der Waals surface area contributed by atoms with Crippen LogP contribution < -0.4 is 0 Å². The van der Waals surface area contributed by atoms with E-state index in [-0.39, 0.29) is 18.1 Å². The van der Waals surface area contributed by atoms with Crippen LogP contribution in [0.2, 0.25) is 5.02 Å². The summed E-state index contributed by atoms with van der Waals surface area (Å²) in [7, 11) is 0. The molecule has 0 bridgehead atoms. The summed E-state index contributed by atoms with van der Waals surface area (Å²) in [5.41, 5.74) is 2.92. The van der Waals surface area contributed by atoms with Crippen LogP contribution in [0, 0.1) is 17.3 Å². The highest BCUT2D eigenvalue weighted by Crippen LogP contribution is 2.23. The summed E-state index contributed by atoms with van der Waals surface area (Å²) in [6.45, 7) is 0. The predicted octanol–water partition coefficient (Wildman–Crippen LogP) is 6.16. The number of hydrogen-bond acceptors (Lipinski definition) is 2. The van der Waals surface area contributed by atoms with E-state index < -0.39 is 0 Å². The van der Waals surface area contributed by atoms with E-state index in [1.807, 2.05) is 72.8 Å². The molecule has 1 N–H and O–H groups in total.